The van der Waals surface area contributed by atoms with Crippen molar-refractivity contribution in [3.05, 3.63) is 46.9 Å². The summed E-state index contributed by atoms with van der Waals surface area (Å²) in [4.78, 5) is 4.36. The summed E-state index contributed by atoms with van der Waals surface area (Å²) in [5.74, 6) is -0.334. The summed E-state index contributed by atoms with van der Waals surface area (Å²) in [6, 6.07) is 6.50. The van der Waals surface area contributed by atoms with Crippen LogP contribution >= 0.6 is 11.3 Å². The molecule has 2 N–H and O–H groups in total. The second-order valence-corrected chi connectivity index (χ2v) is 5.09. The third-order valence-electron chi connectivity index (χ3n) is 2.85. The van der Waals surface area contributed by atoms with Gasteiger partial charge in [0, 0.05) is 17.5 Å². The zero-order valence-electron chi connectivity index (χ0n) is 10.7. The second kappa shape index (κ2) is 5.10. The van der Waals surface area contributed by atoms with E-state index in [1.54, 1.807) is 18.2 Å². The van der Waals surface area contributed by atoms with Gasteiger partial charge in [-0.3, -0.25) is 0 Å². The standard InChI is InChI=1S/C13H12FN5S/c1-8-7-20-13(16-8)19-12(11(6-15)17-18-19)9-4-2-3-5-10(9)14/h2-5,7H,6,15H2,1H3. The highest BCUT2D eigenvalue weighted by Crippen LogP contribution is 2.28. The summed E-state index contributed by atoms with van der Waals surface area (Å²) >= 11 is 1.43. The average molecular weight is 289 g/mol. The van der Waals surface area contributed by atoms with Gasteiger partial charge in [0.1, 0.15) is 17.2 Å². The van der Waals surface area contributed by atoms with E-state index >= 15 is 0 Å². The predicted octanol–water partition coefficient (Wildman–Crippen LogP) is 2.30. The molecule has 0 amide bonds. The molecule has 0 aliphatic heterocycles. The largest absolute Gasteiger partial charge is 0.325 e. The van der Waals surface area contributed by atoms with Crippen LogP contribution in [0, 0.1) is 12.7 Å². The lowest BCUT2D eigenvalue weighted by molar-refractivity contribution is 0.629. The number of thiazole rings is 1. The van der Waals surface area contributed by atoms with Crippen LogP contribution in [0.1, 0.15) is 11.4 Å². The molecule has 0 saturated carbocycles. The number of aromatic nitrogens is 4. The summed E-state index contributed by atoms with van der Waals surface area (Å²) in [6.45, 7) is 2.08. The molecule has 2 heterocycles. The Labute approximate surface area is 118 Å². The Morgan fingerprint density at radius 3 is 2.80 bits per heavy atom. The van der Waals surface area contributed by atoms with Crippen LogP contribution in [0.2, 0.25) is 0 Å². The molecule has 7 heteroatoms. The Bertz CT molecular complexity index is 749. The molecule has 5 nitrogen and oxygen atoms in total. The van der Waals surface area contributed by atoms with Crippen LogP contribution in [0.5, 0.6) is 0 Å². The molecule has 0 spiro atoms. The molecule has 3 aromatic rings. The molecule has 0 atom stereocenters. The van der Waals surface area contributed by atoms with Crippen LogP contribution < -0.4 is 5.73 Å². The van der Waals surface area contributed by atoms with Crippen molar-refractivity contribution < 1.29 is 4.39 Å². The third kappa shape index (κ3) is 2.10. The van der Waals surface area contributed by atoms with Crippen LogP contribution in [0.4, 0.5) is 4.39 Å². The molecular formula is C13H12FN5S. The molecule has 0 saturated heterocycles. The van der Waals surface area contributed by atoms with Gasteiger partial charge in [-0.1, -0.05) is 17.3 Å². The average Bonchev–Trinajstić information content (AvgIpc) is 3.05. The summed E-state index contributed by atoms with van der Waals surface area (Å²) in [5, 5.41) is 10.6. The van der Waals surface area contributed by atoms with E-state index in [-0.39, 0.29) is 12.4 Å². The Balaban J connectivity index is 2.23. The zero-order chi connectivity index (χ0) is 14.1. The molecule has 3 rings (SSSR count). The maximum atomic E-state index is 14.0. The normalized spacial score (nSPS) is 10.9. The number of nitrogens with two attached hydrogens (primary N) is 1. The van der Waals surface area contributed by atoms with E-state index in [1.165, 1.54) is 22.1 Å². The third-order valence-corrected chi connectivity index (χ3v) is 3.78. The molecule has 0 aliphatic carbocycles. The van der Waals surface area contributed by atoms with E-state index in [1.807, 2.05) is 12.3 Å². The van der Waals surface area contributed by atoms with E-state index in [4.69, 9.17) is 5.73 Å². The fourth-order valence-corrected chi connectivity index (χ4v) is 2.70. The van der Waals surface area contributed by atoms with E-state index < -0.39 is 0 Å². The van der Waals surface area contributed by atoms with Crippen molar-refractivity contribution in [2.24, 2.45) is 5.73 Å². The van der Waals surface area contributed by atoms with Crippen molar-refractivity contribution in [1.82, 2.24) is 20.0 Å². The number of aryl methyl sites for hydroxylation is 1. The number of hydrogen-bond donors (Lipinski definition) is 1. The van der Waals surface area contributed by atoms with Crippen molar-refractivity contribution in [1.29, 1.82) is 0 Å². The summed E-state index contributed by atoms with van der Waals surface area (Å²) in [6.07, 6.45) is 0. The first kappa shape index (κ1) is 12.9. The van der Waals surface area contributed by atoms with Crippen LogP contribution in [-0.2, 0) is 6.54 Å². The first-order valence-electron chi connectivity index (χ1n) is 6.02. The second-order valence-electron chi connectivity index (χ2n) is 4.25. The Morgan fingerprint density at radius 2 is 2.15 bits per heavy atom. The Morgan fingerprint density at radius 1 is 1.35 bits per heavy atom. The molecule has 20 heavy (non-hydrogen) atoms. The maximum absolute atomic E-state index is 14.0. The molecule has 0 bridgehead atoms. The van der Waals surface area contributed by atoms with Crippen LogP contribution in [0.25, 0.3) is 16.4 Å². The molecular weight excluding hydrogens is 277 g/mol. The number of rotatable bonds is 3. The molecule has 0 radical (unpaired) electrons. The van der Waals surface area contributed by atoms with Gasteiger partial charge in [-0.2, -0.15) is 4.68 Å². The van der Waals surface area contributed by atoms with Gasteiger partial charge in [0.15, 0.2) is 0 Å². The lowest BCUT2D eigenvalue weighted by Crippen LogP contribution is -2.03. The van der Waals surface area contributed by atoms with Crippen LogP contribution in [-0.4, -0.2) is 20.0 Å². The highest BCUT2D eigenvalue weighted by atomic mass is 32.1. The predicted molar refractivity (Wildman–Crippen MR) is 75.1 cm³/mol. The molecule has 0 unspecified atom stereocenters. The Kier molecular flexibility index (Phi) is 3.29. The minimum absolute atomic E-state index is 0.189. The minimum atomic E-state index is -0.334. The van der Waals surface area contributed by atoms with Gasteiger partial charge in [0.05, 0.1) is 5.69 Å². The molecule has 0 fully saturated rings. The molecule has 102 valence electrons. The summed E-state index contributed by atoms with van der Waals surface area (Å²) in [5.41, 5.74) is 8.08. The fourth-order valence-electron chi connectivity index (χ4n) is 1.95. The van der Waals surface area contributed by atoms with Crippen molar-refractivity contribution in [2.75, 3.05) is 0 Å². The van der Waals surface area contributed by atoms with E-state index in [9.17, 15) is 4.39 Å². The highest BCUT2D eigenvalue weighted by molar-refractivity contribution is 7.12. The van der Waals surface area contributed by atoms with Crippen molar-refractivity contribution >= 4 is 11.3 Å². The SMILES string of the molecule is Cc1csc(-n2nnc(CN)c2-c2ccccc2F)n1. The van der Waals surface area contributed by atoms with Gasteiger partial charge in [-0.15, -0.1) is 16.4 Å². The summed E-state index contributed by atoms with van der Waals surface area (Å²) in [7, 11) is 0. The first-order valence-corrected chi connectivity index (χ1v) is 6.90. The Hall–Kier alpha value is -2.12. The van der Waals surface area contributed by atoms with Crippen molar-refractivity contribution in [3.8, 4) is 16.4 Å². The van der Waals surface area contributed by atoms with Gasteiger partial charge in [0.25, 0.3) is 0 Å². The van der Waals surface area contributed by atoms with Crippen molar-refractivity contribution in [2.45, 2.75) is 13.5 Å². The van der Waals surface area contributed by atoms with Gasteiger partial charge in [-0.05, 0) is 19.1 Å². The molecule has 1 aromatic carbocycles. The maximum Gasteiger partial charge on any atom is 0.212 e. The topological polar surface area (TPSA) is 69.6 Å². The molecule has 0 aliphatic rings. The smallest absolute Gasteiger partial charge is 0.212 e. The lowest BCUT2D eigenvalue weighted by Gasteiger charge is -2.06. The lowest BCUT2D eigenvalue weighted by atomic mass is 10.1. The van der Waals surface area contributed by atoms with E-state index in [0.29, 0.717) is 22.1 Å². The van der Waals surface area contributed by atoms with Gasteiger partial charge in [-0.25, -0.2) is 9.37 Å². The van der Waals surface area contributed by atoms with E-state index in [2.05, 4.69) is 15.3 Å². The number of benzene rings is 1. The quantitative estimate of drug-likeness (QED) is 0.803. The summed E-state index contributed by atoms with van der Waals surface area (Å²) < 4.78 is 15.6. The van der Waals surface area contributed by atoms with Crippen LogP contribution in [0.3, 0.4) is 0 Å². The zero-order valence-corrected chi connectivity index (χ0v) is 11.6. The van der Waals surface area contributed by atoms with Crippen LogP contribution in [0.15, 0.2) is 29.6 Å². The van der Waals surface area contributed by atoms with Gasteiger partial charge < -0.3 is 5.73 Å². The number of nitrogens with zero attached hydrogens (tertiary/aromatic N) is 4. The minimum Gasteiger partial charge on any atom is -0.325 e. The van der Waals surface area contributed by atoms with E-state index in [0.717, 1.165) is 5.69 Å². The number of halogens is 1. The van der Waals surface area contributed by atoms with Gasteiger partial charge >= 0.3 is 0 Å². The van der Waals surface area contributed by atoms with Gasteiger partial charge in [0.2, 0.25) is 5.13 Å². The van der Waals surface area contributed by atoms with Crippen molar-refractivity contribution in [3.63, 3.8) is 0 Å². The molecule has 2 aromatic heterocycles. The fraction of sp³-hybridized carbons (Fsp3) is 0.154. The monoisotopic (exact) mass is 289 g/mol. The highest BCUT2D eigenvalue weighted by Gasteiger charge is 2.19. The number of hydrogen-bond acceptors (Lipinski definition) is 5. The first-order chi connectivity index (χ1) is 9.70.